The van der Waals surface area contributed by atoms with Crippen molar-refractivity contribution >= 4 is 5.84 Å². The number of nitrogens with one attached hydrogen (secondary N) is 1. The summed E-state index contributed by atoms with van der Waals surface area (Å²) < 4.78 is 0. The minimum Gasteiger partial charge on any atom is -0.363 e. The van der Waals surface area contributed by atoms with E-state index >= 15 is 0 Å². The van der Waals surface area contributed by atoms with Crippen molar-refractivity contribution in [1.29, 1.82) is 5.41 Å². The Hall–Kier alpha value is -0.530. The van der Waals surface area contributed by atoms with Crippen LogP contribution in [0, 0.1) is 16.7 Å². The predicted molar refractivity (Wildman–Crippen MR) is 61.8 cm³/mol. The molecule has 14 heavy (non-hydrogen) atoms. The third-order valence-electron chi connectivity index (χ3n) is 3.10. The zero-order chi connectivity index (χ0) is 10.8. The molecule has 1 aliphatic rings. The molecule has 1 rings (SSSR count). The van der Waals surface area contributed by atoms with Gasteiger partial charge in [0.15, 0.2) is 0 Å². The number of rotatable bonds is 2. The van der Waals surface area contributed by atoms with Gasteiger partial charge in [-0.25, -0.2) is 0 Å². The lowest BCUT2D eigenvalue weighted by Gasteiger charge is -2.31. The standard InChI is InChI=1S/C12H24N2/c1-12(2,3)11(13)14(4)9-10-7-5-6-8-10/h10,13H,5-9H2,1-4H3. The van der Waals surface area contributed by atoms with Gasteiger partial charge < -0.3 is 4.90 Å². The summed E-state index contributed by atoms with van der Waals surface area (Å²) in [5.74, 6) is 1.60. The second-order valence-corrected chi connectivity index (χ2v) is 5.63. The van der Waals surface area contributed by atoms with E-state index in [1.807, 2.05) is 0 Å². The first-order valence-corrected chi connectivity index (χ1v) is 5.71. The molecule has 0 aromatic carbocycles. The van der Waals surface area contributed by atoms with E-state index < -0.39 is 0 Å². The van der Waals surface area contributed by atoms with E-state index in [2.05, 4.69) is 32.7 Å². The fourth-order valence-electron chi connectivity index (χ4n) is 2.24. The SMILES string of the molecule is CN(CC1CCCC1)C(=N)C(C)(C)C. The van der Waals surface area contributed by atoms with E-state index in [0.717, 1.165) is 18.3 Å². The first-order valence-electron chi connectivity index (χ1n) is 5.71. The zero-order valence-electron chi connectivity index (χ0n) is 10.1. The Bertz CT molecular complexity index is 197. The summed E-state index contributed by atoms with van der Waals surface area (Å²) in [5.41, 5.74) is -0.00659. The molecular formula is C12H24N2. The highest BCUT2D eigenvalue weighted by atomic mass is 15.1. The third kappa shape index (κ3) is 3.00. The molecule has 0 amide bonds. The summed E-state index contributed by atoms with van der Waals surface area (Å²) in [6.07, 6.45) is 5.51. The molecule has 0 bridgehead atoms. The van der Waals surface area contributed by atoms with Crippen LogP contribution in [0.2, 0.25) is 0 Å². The molecule has 0 radical (unpaired) electrons. The topological polar surface area (TPSA) is 27.1 Å². The molecule has 0 aliphatic heterocycles. The Morgan fingerprint density at radius 2 is 1.79 bits per heavy atom. The molecule has 0 aromatic heterocycles. The van der Waals surface area contributed by atoms with E-state index in [-0.39, 0.29) is 5.41 Å². The summed E-state index contributed by atoms with van der Waals surface area (Å²) in [7, 11) is 2.06. The molecule has 0 unspecified atom stereocenters. The number of hydrogen-bond donors (Lipinski definition) is 1. The third-order valence-corrected chi connectivity index (χ3v) is 3.10. The number of nitrogens with zero attached hydrogens (tertiary/aromatic N) is 1. The number of hydrogen-bond acceptors (Lipinski definition) is 1. The molecule has 1 fully saturated rings. The van der Waals surface area contributed by atoms with E-state index in [9.17, 15) is 0 Å². The fraction of sp³-hybridized carbons (Fsp3) is 0.917. The van der Waals surface area contributed by atoms with Crippen molar-refractivity contribution in [3.05, 3.63) is 0 Å². The Balaban J connectivity index is 2.41. The summed E-state index contributed by atoms with van der Waals surface area (Å²) in [5, 5.41) is 8.04. The lowest BCUT2D eigenvalue weighted by molar-refractivity contribution is 0.353. The van der Waals surface area contributed by atoms with Crippen LogP contribution in [0.15, 0.2) is 0 Å². The monoisotopic (exact) mass is 196 g/mol. The van der Waals surface area contributed by atoms with Crippen LogP contribution in [-0.4, -0.2) is 24.3 Å². The zero-order valence-corrected chi connectivity index (χ0v) is 10.1. The van der Waals surface area contributed by atoms with Gasteiger partial charge in [-0.2, -0.15) is 0 Å². The van der Waals surface area contributed by atoms with Gasteiger partial charge in [-0.1, -0.05) is 33.6 Å². The molecule has 0 atom stereocenters. The van der Waals surface area contributed by atoms with Crippen LogP contribution in [0.25, 0.3) is 0 Å². The highest BCUT2D eigenvalue weighted by Crippen LogP contribution is 2.26. The Kier molecular flexibility index (Phi) is 3.57. The second-order valence-electron chi connectivity index (χ2n) is 5.63. The van der Waals surface area contributed by atoms with Gasteiger partial charge in [0.05, 0.1) is 0 Å². The van der Waals surface area contributed by atoms with E-state index in [1.165, 1.54) is 25.7 Å². The Labute approximate surface area is 88.2 Å². The van der Waals surface area contributed by atoms with Crippen LogP contribution in [0.3, 0.4) is 0 Å². The lowest BCUT2D eigenvalue weighted by Crippen LogP contribution is -2.38. The van der Waals surface area contributed by atoms with Crippen LogP contribution >= 0.6 is 0 Å². The smallest absolute Gasteiger partial charge is 0.101 e. The van der Waals surface area contributed by atoms with E-state index in [0.29, 0.717) is 0 Å². The minimum absolute atomic E-state index is 0.00659. The minimum atomic E-state index is -0.00659. The summed E-state index contributed by atoms with van der Waals surface area (Å²) >= 11 is 0. The van der Waals surface area contributed by atoms with Crippen LogP contribution in [0.4, 0.5) is 0 Å². The van der Waals surface area contributed by atoms with Gasteiger partial charge in [-0.05, 0) is 18.8 Å². The van der Waals surface area contributed by atoms with Crippen LogP contribution in [0.1, 0.15) is 46.5 Å². The van der Waals surface area contributed by atoms with Crippen molar-refractivity contribution in [3.63, 3.8) is 0 Å². The quantitative estimate of drug-likeness (QED) is 0.533. The van der Waals surface area contributed by atoms with Crippen molar-refractivity contribution in [1.82, 2.24) is 4.90 Å². The largest absolute Gasteiger partial charge is 0.363 e. The van der Waals surface area contributed by atoms with Gasteiger partial charge in [0.1, 0.15) is 5.84 Å². The van der Waals surface area contributed by atoms with Crippen LogP contribution in [0.5, 0.6) is 0 Å². The van der Waals surface area contributed by atoms with E-state index in [1.54, 1.807) is 0 Å². The van der Waals surface area contributed by atoms with Gasteiger partial charge >= 0.3 is 0 Å². The molecule has 82 valence electrons. The first kappa shape index (κ1) is 11.5. The summed E-state index contributed by atoms with van der Waals surface area (Å²) in [6, 6.07) is 0. The van der Waals surface area contributed by atoms with Crippen molar-refractivity contribution in [3.8, 4) is 0 Å². The van der Waals surface area contributed by atoms with Crippen LogP contribution in [-0.2, 0) is 0 Å². The molecular weight excluding hydrogens is 172 g/mol. The maximum Gasteiger partial charge on any atom is 0.101 e. The van der Waals surface area contributed by atoms with Gasteiger partial charge in [-0.15, -0.1) is 0 Å². The molecule has 2 nitrogen and oxygen atoms in total. The van der Waals surface area contributed by atoms with E-state index in [4.69, 9.17) is 5.41 Å². The van der Waals surface area contributed by atoms with Crippen molar-refractivity contribution in [2.75, 3.05) is 13.6 Å². The molecule has 1 aliphatic carbocycles. The predicted octanol–water partition coefficient (Wildman–Crippen LogP) is 3.13. The first-order chi connectivity index (χ1) is 6.41. The lowest BCUT2D eigenvalue weighted by atomic mass is 9.93. The maximum absolute atomic E-state index is 8.04. The average Bonchev–Trinajstić information content (AvgIpc) is 2.53. The molecule has 0 saturated heterocycles. The van der Waals surface area contributed by atoms with Gasteiger partial charge in [-0.3, -0.25) is 5.41 Å². The highest BCUT2D eigenvalue weighted by molar-refractivity contribution is 5.84. The summed E-state index contributed by atoms with van der Waals surface area (Å²) in [6.45, 7) is 7.41. The summed E-state index contributed by atoms with van der Waals surface area (Å²) in [4.78, 5) is 2.13. The highest BCUT2D eigenvalue weighted by Gasteiger charge is 2.24. The maximum atomic E-state index is 8.04. The molecule has 0 heterocycles. The van der Waals surface area contributed by atoms with Gasteiger partial charge in [0, 0.05) is 19.0 Å². The molecule has 0 spiro atoms. The second kappa shape index (κ2) is 4.33. The fourth-order valence-corrected chi connectivity index (χ4v) is 2.24. The number of amidine groups is 1. The Morgan fingerprint density at radius 3 is 2.21 bits per heavy atom. The van der Waals surface area contributed by atoms with Crippen LogP contribution < -0.4 is 0 Å². The molecule has 2 heteroatoms. The van der Waals surface area contributed by atoms with Crippen molar-refractivity contribution < 1.29 is 0 Å². The average molecular weight is 196 g/mol. The van der Waals surface area contributed by atoms with Crippen molar-refractivity contribution in [2.24, 2.45) is 11.3 Å². The van der Waals surface area contributed by atoms with Gasteiger partial charge in [0.25, 0.3) is 0 Å². The normalized spacial score (nSPS) is 18.6. The molecule has 1 saturated carbocycles. The molecule has 1 N–H and O–H groups in total. The molecule has 0 aromatic rings. The Morgan fingerprint density at radius 1 is 1.29 bits per heavy atom. The van der Waals surface area contributed by atoms with Gasteiger partial charge in [0.2, 0.25) is 0 Å². The van der Waals surface area contributed by atoms with Crippen molar-refractivity contribution in [2.45, 2.75) is 46.5 Å².